The van der Waals surface area contributed by atoms with Crippen LogP contribution in [0.25, 0.3) is 0 Å². The molecule has 1 amide bonds. The minimum atomic E-state index is -0.570. The first-order chi connectivity index (χ1) is 16.8. The number of amides is 1. The number of rotatable bonds is 4. The first-order valence-electron chi connectivity index (χ1n) is 11.7. The molecule has 3 aromatic rings. The molecule has 8 heteroatoms. The largest absolute Gasteiger partial charge is 0.497 e. The SMILES string of the molecule is COc1ccc2c(c1)C(=O)CC1(CCN(C(=O)c3cccc(Nc4nc(C)cc(C)n4)c3)CC1)O2. The van der Waals surface area contributed by atoms with E-state index in [-0.39, 0.29) is 11.7 Å². The number of aryl methyl sites for hydroxylation is 2. The molecule has 1 spiro atoms. The monoisotopic (exact) mass is 472 g/mol. The van der Waals surface area contributed by atoms with Crippen molar-refractivity contribution >= 4 is 23.3 Å². The third-order valence-electron chi connectivity index (χ3n) is 6.61. The second-order valence-electron chi connectivity index (χ2n) is 9.22. The normalized spacial score (nSPS) is 16.4. The number of carbonyl (C=O) groups excluding carboxylic acids is 2. The van der Waals surface area contributed by atoms with E-state index in [1.54, 1.807) is 25.3 Å². The van der Waals surface area contributed by atoms with Gasteiger partial charge in [-0.2, -0.15) is 0 Å². The smallest absolute Gasteiger partial charge is 0.253 e. The summed E-state index contributed by atoms with van der Waals surface area (Å²) in [4.78, 5) is 36.8. The number of methoxy groups -OCH3 is 1. The number of hydrogen-bond acceptors (Lipinski definition) is 7. The minimum Gasteiger partial charge on any atom is -0.497 e. The molecule has 8 nitrogen and oxygen atoms in total. The van der Waals surface area contributed by atoms with E-state index < -0.39 is 5.60 Å². The molecule has 0 saturated carbocycles. The number of piperidine rings is 1. The van der Waals surface area contributed by atoms with Crippen molar-refractivity contribution in [3.8, 4) is 11.5 Å². The second-order valence-corrected chi connectivity index (χ2v) is 9.22. The van der Waals surface area contributed by atoms with E-state index in [2.05, 4.69) is 15.3 Å². The lowest BCUT2D eigenvalue weighted by Gasteiger charge is -2.44. The Hall–Kier alpha value is -3.94. The predicted molar refractivity (Wildman–Crippen MR) is 132 cm³/mol. The Morgan fingerprint density at radius 1 is 1.06 bits per heavy atom. The van der Waals surface area contributed by atoms with Gasteiger partial charge in [-0.1, -0.05) is 6.07 Å². The average Bonchev–Trinajstić information content (AvgIpc) is 2.83. The predicted octanol–water partition coefficient (Wildman–Crippen LogP) is 4.49. The highest BCUT2D eigenvalue weighted by molar-refractivity contribution is 6.01. The molecular weight excluding hydrogens is 444 g/mol. The second kappa shape index (κ2) is 9.02. The number of aromatic nitrogens is 2. The van der Waals surface area contributed by atoms with Crippen molar-refractivity contribution in [1.29, 1.82) is 0 Å². The van der Waals surface area contributed by atoms with Crippen molar-refractivity contribution in [1.82, 2.24) is 14.9 Å². The van der Waals surface area contributed by atoms with E-state index in [4.69, 9.17) is 9.47 Å². The van der Waals surface area contributed by atoms with Crippen LogP contribution in [0.4, 0.5) is 11.6 Å². The van der Waals surface area contributed by atoms with Crippen LogP contribution in [0.5, 0.6) is 11.5 Å². The zero-order valence-electron chi connectivity index (χ0n) is 20.1. The summed E-state index contributed by atoms with van der Waals surface area (Å²) >= 11 is 0. The van der Waals surface area contributed by atoms with E-state index in [9.17, 15) is 9.59 Å². The van der Waals surface area contributed by atoms with Crippen molar-refractivity contribution in [3.05, 3.63) is 71.0 Å². The number of ether oxygens (including phenoxy) is 2. The lowest BCUT2D eigenvalue weighted by molar-refractivity contribution is -0.00576. The summed E-state index contributed by atoms with van der Waals surface area (Å²) in [5.74, 6) is 1.74. The summed E-state index contributed by atoms with van der Waals surface area (Å²) in [5, 5.41) is 3.19. The van der Waals surface area contributed by atoms with Crippen molar-refractivity contribution in [2.24, 2.45) is 0 Å². The number of benzene rings is 2. The molecule has 1 N–H and O–H groups in total. The fourth-order valence-electron chi connectivity index (χ4n) is 4.82. The van der Waals surface area contributed by atoms with Gasteiger partial charge < -0.3 is 19.7 Å². The quantitative estimate of drug-likeness (QED) is 0.598. The lowest BCUT2D eigenvalue weighted by Crippen LogP contribution is -2.52. The van der Waals surface area contributed by atoms with Gasteiger partial charge in [0.05, 0.1) is 19.1 Å². The van der Waals surface area contributed by atoms with Gasteiger partial charge in [-0.15, -0.1) is 0 Å². The molecule has 1 saturated heterocycles. The Balaban J connectivity index is 1.26. The number of anilines is 2. The Morgan fingerprint density at radius 3 is 2.51 bits per heavy atom. The summed E-state index contributed by atoms with van der Waals surface area (Å²) in [6.45, 7) is 4.88. The Bertz CT molecular complexity index is 1280. The highest BCUT2D eigenvalue weighted by Gasteiger charge is 2.43. The number of hydrogen-bond donors (Lipinski definition) is 1. The molecule has 180 valence electrons. The molecule has 0 atom stereocenters. The summed E-state index contributed by atoms with van der Waals surface area (Å²) in [5.41, 5.74) is 3.08. The van der Waals surface area contributed by atoms with Crippen molar-refractivity contribution < 1.29 is 19.1 Å². The van der Waals surface area contributed by atoms with Crippen LogP contribution >= 0.6 is 0 Å². The van der Waals surface area contributed by atoms with E-state index in [1.165, 1.54) is 0 Å². The summed E-state index contributed by atoms with van der Waals surface area (Å²) < 4.78 is 11.6. The van der Waals surface area contributed by atoms with E-state index in [0.717, 1.165) is 17.1 Å². The van der Waals surface area contributed by atoms with Crippen LogP contribution < -0.4 is 14.8 Å². The number of nitrogens with one attached hydrogen (secondary N) is 1. The van der Waals surface area contributed by atoms with Crippen LogP contribution in [0.15, 0.2) is 48.5 Å². The Kier molecular flexibility index (Phi) is 5.88. The van der Waals surface area contributed by atoms with E-state index in [0.29, 0.717) is 60.9 Å². The number of ketones is 1. The van der Waals surface area contributed by atoms with E-state index >= 15 is 0 Å². The lowest BCUT2D eigenvalue weighted by atomic mass is 9.82. The Morgan fingerprint density at radius 2 is 1.80 bits per heavy atom. The highest BCUT2D eigenvalue weighted by atomic mass is 16.5. The van der Waals surface area contributed by atoms with Gasteiger partial charge in [0.15, 0.2) is 5.78 Å². The summed E-state index contributed by atoms with van der Waals surface area (Å²) in [7, 11) is 1.58. The van der Waals surface area contributed by atoms with Crippen molar-refractivity contribution in [3.63, 3.8) is 0 Å². The zero-order chi connectivity index (χ0) is 24.6. The number of nitrogens with zero attached hydrogens (tertiary/aromatic N) is 3. The van der Waals surface area contributed by atoms with Crippen LogP contribution in [0, 0.1) is 13.8 Å². The van der Waals surface area contributed by atoms with Gasteiger partial charge in [0.25, 0.3) is 5.91 Å². The Labute approximate surface area is 204 Å². The molecule has 35 heavy (non-hydrogen) atoms. The van der Waals surface area contributed by atoms with Gasteiger partial charge in [-0.3, -0.25) is 9.59 Å². The molecule has 0 radical (unpaired) electrons. The van der Waals surface area contributed by atoms with Crippen LogP contribution in [0.3, 0.4) is 0 Å². The maximum Gasteiger partial charge on any atom is 0.253 e. The molecule has 5 rings (SSSR count). The molecular formula is C27H28N4O4. The van der Waals surface area contributed by atoms with Crippen molar-refractivity contribution in [2.45, 2.75) is 38.7 Å². The third-order valence-corrected chi connectivity index (χ3v) is 6.61. The van der Waals surface area contributed by atoms with Crippen LogP contribution in [0.2, 0.25) is 0 Å². The molecule has 0 bridgehead atoms. The zero-order valence-corrected chi connectivity index (χ0v) is 20.1. The van der Waals surface area contributed by atoms with Crippen molar-refractivity contribution in [2.75, 3.05) is 25.5 Å². The molecule has 1 aromatic heterocycles. The van der Waals surface area contributed by atoms with Gasteiger partial charge in [0, 0.05) is 48.6 Å². The highest BCUT2D eigenvalue weighted by Crippen LogP contribution is 2.40. The van der Waals surface area contributed by atoms with Gasteiger partial charge in [-0.05, 0) is 56.3 Å². The number of Topliss-reactive ketones (excluding diaryl/α,β-unsaturated/α-hetero) is 1. The topological polar surface area (TPSA) is 93.7 Å². The molecule has 0 aliphatic carbocycles. The van der Waals surface area contributed by atoms with E-state index in [1.807, 2.05) is 49.1 Å². The summed E-state index contributed by atoms with van der Waals surface area (Å²) in [6, 6.07) is 14.6. The van der Waals surface area contributed by atoms with Crippen LogP contribution in [-0.4, -0.2) is 52.4 Å². The minimum absolute atomic E-state index is 0.0443. The average molecular weight is 473 g/mol. The molecule has 2 aromatic carbocycles. The maximum atomic E-state index is 13.3. The van der Waals surface area contributed by atoms with Crippen LogP contribution in [-0.2, 0) is 0 Å². The molecule has 3 heterocycles. The molecule has 2 aliphatic heterocycles. The standard InChI is InChI=1S/C27H28N4O4/c1-17-13-18(2)29-26(28-17)30-20-6-4-5-19(14-20)25(33)31-11-9-27(10-12-31)16-23(32)22-15-21(34-3)7-8-24(22)35-27/h4-8,13-15H,9-12,16H2,1-3H3,(H,28,29,30). The molecule has 2 aliphatic rings. The third kappa shape index (κ3) is 4.69. The van der Waals surface area contributed by atoms with Crippen LogP contribution in [0.1, 0.15) is 51.4 Å². The number of fused-ring (bicyclic) bond motifs is 1. The first-order valence-corrected chi connectivity index (χ1v) is 11.7. The maximum absolute atomic E-state index is 13.3. The first kappa shape index (κ1) is 22.8. The number of likely N-dealkylation sites (tertiary alicyclic amines) is 1. The summed E-state index contributed by atoms with van der Waals surface area (Å²) in [6.07, 6.45) is 1.51. The van der Waals surface area contributed by atoms with Gasteiger partial charge in [0.2, 0.25) is 5.95 Å². The van der Waals surface area contributed by atoms with Gasteiger partial charge >= 0.3 is 0 Å². The van der Waals surface area contributed by atoms with Gasteiger partial charge in [0.1, 0.15) is 17.1 Å². The molecule has 1 fully saturated rings. The fraction of sp³-hybridized carbons (Fsp3) is 0.333. The van der Waals surface area contributed by atoms with Gasteiger partial charge in [-0.25, -0.2) is 9.97 Å². The fourth-order valence-corrected chi connectivity index (χ4v) is 4.82. The number of carbonyl (C=O) groups is 2. The molecule has 0 unspecified atom stereocenters.